The lowest BCUT2D eigenvalue weighted by molar-refractivity contribution is -0.126. The van der Waals surface area contributed by atoms with Gasteiger partial charge in [0.1, 0.15) is 10.0 Å². The first kappa shape index (κ1) is 14.7. The van der Waals surface area contributed by atoms with E-state index >= 15 is 0 Å². The van der Waals surface area contributed by atoms with Crippen LogP contribution in [0.1, 0.15) is 23.8 Å². The molecule has 8 heteroatoms. The van der Waals surface area contributed by atoms with Gasteiger partial charge in [0.15, 0.2) is 0 Å². The Hall–Kier alpha value is -0.720. The molecule has 1 aliphatic carbocycles. The Morgan fingerprint density at radius 1 is 1.42 bits per heavy atom. The summed E-state index contributed by atoms with van der Waals surface area (Å²) in [6.45, 7) is 1.65. The number of rotatable bonds is 2. The summed E-state index contributed by atoms with van der Waals surface area (Å²) >= 11 is 15.0. The van der Waals surface area contributed by atoms with Gasteiger partial charge in [0.25, 0.3) is 5.91 Å². The molecule has 1 fully saturated rings. The van der Waals surface area contributed by atoms with Crippen molar-refractivity contribution in [2.24, 2.45) is 12.5 Å². The lowest BCUT2D eigenvalue weighted by atomic mass is 10.1. The van der Waals surface area contributed by atoms with E-state index in [1.807, 2.05) is 0 Å². The van der Waals surface area contributed by atoms with Gasteiger partial charge in [-0.2, -0.15) is 0 Å². The molecule has 0 bridgehead atoms. The summed E-state index contributed by atoms with van der Waals surface area (Å²) in [5.74, 6) is -0.820. The average molecular weight is 369 g/mol. The second-order valence-corrected chi connectivity index (χ2v) is 7.18. The van der Waals surface area contributed by atoms with Crippen molar-refractivity contribution in [3.8, 4) is 0 Å². The molecule has 1 unspecified atom stereocenters. The summed E-state index contributed by atoms with van der Waals surface area (Å²) in [4.78, 5) is 23.7. The molecule has 2 amide bonds. The van der Waals surface area contributed by atoms with Gasteiger partial charge < -0.3 is 4.57 Å². The zero-order valence-corrected chi connectivity index (χ0v) is 13.4. The fourth-order valence-corrected chi connectivity index (χ4v) is 2.94. The molecule has 1 aliphatic rings. The number of hydrogen-bond acceptors (Lipinski definition) is 2. The van der Waals surface area contributed by atoms with Gasteiger partial charge in [-0.15, -0.1) is 23.2 Å². The fourth-order valence-electron chi connectivity index (χ4n) is 1.71. The maximum absolute atomic E-state index is 11.9. The van der Waals surface area contributed by atoms with Crippen molar-refractivity contribution >= 4 is 50.9 Å². The van der Waals surface area contributed by atoms with Gasteiger partial charge in [-0.05, 0) is 35.3 Å². The molecule has 0 radical (unpaired) electrons. The number of carbonyl (C=O) groups is 2. The Morgan fingerprint density at radius 3 is 2.42 bits per heavy atom. The number of amides is 2. The van der Waals surface area contributed by atoms with Crippen LogP contribution in [0.3, 0.4) is 0 Å². The zero-order chi connectivity index (χ0) is 14.4. The number of alkyl halides is 2. The first-order chi connectivity index (χ1) is 8.67. The molecule has 1 aromatic heterocycles. The second kappa shape index (κ2) is 4.68. The molecular formula is C11H12BrCl2N3O2. The lowest BCUT2D eigenvalue weighted by Crippen LogP contribution is -2.46. The van der Waals surface area contributed by atoms with Crippen molar-refractivity contribution in [3.05, 3.63) is 22.4 Å². The monoisotopic (exact) mass is 367 g/mol. The second-order valence-electron chi connectivity index (χ2n) is 4.78. The maximum atomic E-state index is 11.9. The Bertz CT molecular complexity index is 558. The first-order valence-electron chi connectivity index (χ1n) is 5.48. The SMILES string of the molecule is Cn1cc(Br)cc1C(=O)NNC(=O)C1(C)CC1(Cl)Cl. The van der Waals surface area contributed by atoms with Crippen LogP contribution in [0.2, 0.25) is 0 Å². The largest absolute Gasteiger partial charge is 0.345 e. The van der Waals surface area contributed by atoms with Crippen LogP contribution in [0.15, 0.2) is 16.7 Å². The number of aromatic nitrogens is 1. The van der Waals surface area contributed by atoms with Gasteiger partial charge in [-0.1, -0.05) is 0 Å². The first-order valence-corrected chi connectivity index (χ1v) is 7.03. The van der Waals surface area contributed by atoms with Crippen LogP contribution in [0.4, 0.5) is 0 Å². The number of carbonyl (C=O) groups excluding carboxylic acids is 2. The average Bonchev–Trinajstić information content (AvgIpc) is 2.64. The van der Waals surface area contributed by atoms with Crippen LogP contribution < -0.4 is 10.9 Å². The molecule has 1 aromatic rings. The number of hydrazine groups is 1. The zero-order valence-electron chi connectivity index (χ0n) is 10.3. The maximum Gasteiger partial charge on any atom is 0.286 e. The minimum atomic E-state index is -1.06. The highest BCUT2D eigenvalue weighted by Gasteiger charge is 2.68. The molecular weight excluding hydrogens is 357 g/mol. The van der Waals surface area contributed by atoms with E-state index in [0.717, 1.165) is 4.47 Å². The van der Waals surface area contributed by atoms with Gasteiger partial charge in [-0.25, -0.2) is 0 Å². The molecule has 5 nitrogen and oxygen atoms in total. The van der Waals surface area contributed by atoms with E-state index in [-0.39, 0.29) is 0 Å². The number of hydrogen-bond donors (Lipinski definition) is 2. The van der Waals surface area contributed by atoms with Crippen molar-refractivity contribution in [2.45, 2.75) is 17.7 Å². The van der Waals surface area contributed by atoms with Crippen LogP contribution in [0.5, 0.6) is 0 Å². The Labute approximate surface area is 128 Å². The van der Waals surface area contributed by atoms with Crippen LogP contribution in [-0.2, 0) is 11.8 Å². The summed E-state index contributed by atoms with van der Waals surface area (Å²) in [6.07, 6.45) is 2.10. The minimum absolute atomic E-state index is 0.362. The summed E-state index contributed by atoms with van der Waals surface area (Å²) < 4.78 is 1.36. The Kier molecular flexibility index (Phi) is 3.62. The normalized spacial score (nSPS) is 23.8. The van der Waals surface area contributed by atoms with Crippen molar-refractivity contribution in [3.63, 3.8) is 0 Å². The van der Waals surface area contributed by atoms with Crippen LogP contribution >= 0.6 is 39.1 Å². The van der Waals surface area contributed by atoms with Crippen molar-refractivity contribution < 1.29 is 9.59 Å². The van der Waals surface area contributed by atoms with E-state index in [4.69, 9.17) is 23.2 Å². The van der Waals surface area contributed by atoms with Gasteiger partial charge >= 0.3 is 0 Å². The number of nitrogens with one attached hydrogen (secondary N) is 2. The van der Waals surface area contributed by atoms with E-state index in [1.54, 1.807) is 30.8 Å². The number of nitrogens with zero attached hydrogens (tertiary/aromatic N) is 1. The van der Waals surface area contributed by atoms with E-state index in [2.05, 4.69) is 26.8 Å². The van der Waals surface area contributed by atoms with Crippen molar-refractivity contribution in [1.29, 1.82) is 0 Å². The Balaban J connectivity index is 1.95. The van der Waals surface area contributed by atoms with Crippen molar-refractivity contribution in [1.82, 2.24) is 15.4 Å². The summed E-state index contributed by atoms with van der Waals surface area (Å²) in [7, 11) is 1.73. The summed E-state index contributed by atoms with van der Waals surface area (Å²) in [5.41, 5.74) is 4.23. The quantitative estimate of drug-likeness (QED) is 0.620. The van der Waals surface area contributed by atoms with Gasteiger partial charge in [0.05, 0.1) is 5.41 Å². The third kappa shape index (κ3) is 2.61. The Morgan fingerprint density at radius 2 is 2.00 bits per heavy atom. The third-order valence-corrected chi connectivity index (χ3v) is 4.79. The molecule has 2 rings (SSSR count). The predicted octanol–water partition coefficient (Wildman–Crippen LogP) is 2.13. The highest BCUT2D eigenvalue weighted by Crippen LogP contribution is 2.63. The van der Waals surface area contributed by atoms with E-state index in [1.165, 1.54) is 0 Å². The molecule has 1 saturated carbocycles. The number of aryl methyl sites for hydroxylation is 1. The molecule has 0 saturated heterocycles. The molecule has 0 aliphatic heterocycles. The summed E-state index contributed by atoms with van der Waals surface area (Å²) in [6, 6.07) is 1.65. The van der Waals surface area contributed by atoms with E-state index in [0.29, 0.717) is 12.1 Å². The van der Waals surface area contributed by atoms with Gasteiger partial charge in [-0.3, -0.25) is 20.4 Å². The van der Waals surface area contributed by atoms with E-state index in [9.17, 15) is 9.59 Å². The molecule has 1 atom stereocenters. The minimum Gasteiger partial charge on any atom is -0.345 e. The lowest BCUT2D eigenvalue weighted by Gasteiger charge is -2.13. The van der Waals surface area contributed by atoms with Crippen LogP contribution in [-0.4, -0.2) is 20.7 Å². The number of halogens is 3. The highest BCUT2D eigenvalue weighted by atomic mass is 79.9. The van der Waals surface area contributed by atoms with Gasteiger partial charge in [0.2, 0.25) is 5.91 Å². The highest BCUT2D eigenvalue weighted by molar-refractivity contribution is 9.10. The van der Waals surface area contributed by atoms with Gasteiger partial charge in [0, 0.05) is 17.7 Å². The summed E-state index contributed by atoms with van der Waals surface area (Å²) in [5, 5.41) is 0. The smallest absolute Gasteiger partial charge is 0.286 e. The van der Waals surface area contributed by atoms with E-state index < -0.39 is 21.6 Å². The molecule has 19 heavy (non-hydrogen) atoms. The fraction of sp³-hybridized carbons (Fsp3) is 0.455. The third-order valence-electron chi connectivity index (χ3n) is 3.25. The predicted molar refractivity (Wildman–Crippen MR) is 75.9 cm³/mol. The topological polar surface area (TPSA) is 63.1 Å². The molecule has 2 N–H and O–H groups in total. The standard InChI is InChI=1S/C11H12BrCl2N3O2/c1-10(5-11(10,13)14)9(19)16-15-8(18)7-3-6(12)4-17(7)2/h3-4H,5H2,1-2H3,(H,15,18)(H,16,19). The molecule has 0 aromatic carbocycles. The molecule has 1 heterocycles. The molecule has 0 spiro atoms. The molecule has 104 valence electrons. The van der Waals surface area contributed by atoms with Crippen molar-refractivity contribution in [2.75, 3.05) is 0 Å². The van der Waals surface area contributed by atoms with Crippen LogP contribution in [0.25, 0.3) is 0 Å². The van der Waals surface area contributed by atoms with Crippen LogP contribution in [0, 0.1) is 5.41 Å².